The Kier molecular flexibility index (Phi) is 8.24. The smallest absolute Gasteiger partial charge is 0.333 e. The molecule has 0 aliphatic carbocycles. The average Bonchev–Trinajstić information content (AvgIpc) is 3.24. The number of nitrogens with two attached hydrogens (primary N) is 1. The van der Waals surface area contributed by atoms with Gasteiger partial charge in [0.2, 0.25) is 5.95 Å². The van der Waals surface area contributed by atoms with Crippen LogP contribution < -0.4 is 5.73 Å². The molecular formula is C23H28ClF2N7O2. The fourth-order valence-electron chi connectivity index (χ4n) is 4.03. The van der Waals surface area contributed by atoms with Crippen molar-refractivity contribution in [2.24, 2.45) is 0 Å². The molecule has 2 aromatic heterocycles. The SMILES string of the molecule is CN1CCN(CCOC(O)c2ccccc2Cc2cn(C(F)F)nc2-c2cc(Cl)nc(N)n2)CC1. The number of benzene rings is 1. The topological polar surface area (TPSA) is 106 Å². The number of hydrogen-bond acceptors (Lipinski definition) is 8. The van der Waals surface area contributed by atoms with Gasteiger partial charge in [-0.3, -0.25) is 4.90 Å². The number of hydrogen-bond donors (Lipinski definition) is 2. The van der Waals surface area contributed by atoms with E-state index in [1.165, 1.54) is 12.3 Å². The van der Waals surface area contributed by atoms with Crippen molar-refractivity contribution in [3.05, 3.63) is 58.4 Å². The van der Waals surface area contributed by atoms with Crippen LogP contribution in [0, 0.1) is 0 Å². The Bertz CT molecular complexity index is 1120. The Hall–Kier alpha value is -2.70. The van der Waals surface area contributed by atoms with E-state index in [0.29, 0.717) is 34.5 Å². The number of ether oxygens (including phenoxy) is 1. The monoisotopic (exact) mass is 507 g/mol. The standard InChI is InChI=1S/C23H28ClF2N7O2/c1-31-6-8-32(9-7-31)10-11-35-21(34)17-5-3-2-4-15(17)12-16-14-33(22(25)26)30-20(16)18-13-19(24)29-23(27)28-18/h2-5,13-14,21-22,34H,6-12H2,1H3,(H2,27,28,29). The molecule has 3 heterocycles. The molecule has 188 valence electrons. The number of aliphatic hydroxyl groups excluding tert-OH is 1. The van der Waals surface area contributed by atoms with Crippen LogP contribution >= 0.6 is 11.6 Å². The normalized spacial score (nSPS) is 16.2. The second kappa shape index (κ2) is 11.4. The molecule has 12 heteroatoms. The minimum absolute atomic E-state index is 0.0784. The second-order valence-corrected chi connectivity index (χ2v) is 8.83. The Morgan fingerprint density at radius 2 is 1.89 bits per heavy atom. The first-order chi connectivity index (χ1) is 16.8. The van der Waals surface area contributed by atoms with E-state index in [2.05, 4.69) is 31.9 Å². The maximum Gasteiger partial charge on any atom is 0.333 e. The molecule has 9 nitrogen and oxygen atoms in total. The number of rotatable bonds is 9. The zero-order valence-electron chi connectivity index (χ0n) is 19.3. The lowest BCUT2D eigenvalue weighted by atomic mass is 9.99. The number of aromatic nitrogens is 4. The van der Waals surface area contributed by atoms with Crippen molar-refractivity contribution in [3.63, 3.8) is 0 Å². The molecule has 1 fully saturated rings. The summed E-state index contributed by atoms with van der Waals surface area (Å²) < 4.78 is 33.2. The van der Waals surface area contributed by atoms with Crippen LogP contribution in [0.15, 0.2) is 36.5 Å². The van der Waals surface area contributed by atoms with E-state index in [4.69, 9.17) is 22.1 Å². The molecule has 0 spiro atoms. The summed E-state index contributed by atoms with van der Waals surface area (Å²) in [6.07, 6.45) is 0.304. The Balaban J connectivity index is 1.52. The molecule has 4 rings (SSSR count). The van der Waals surface area contributed by atoms with E-state index >= 15 is 0 Å². The Labute approximate surface area is 207 Å². The Morgan fingerprint density at radius 3 is 2.60 bits per heavy atom. The summed E-state index contributed by atoms with van der Waals surface area (Å²) >= 11 is 5.99. The van der Waals surface area contributed by atoms with E-state index in [-0.39, 0.29) is 28.9 Å². The van der Waals surface area contributed by atoms with E-state index in [1.807, 2.05) is 12.1 Å². The van der Waals surface area contributed by atoms with Crippen molar-refractivity contribution in [1.82, 2.24) is 29.5 Å². The number of anilines is 1. The molecule has 1 unspecified atom stereocenters. The molecule has 1 aromatic carbocycles. The molecular weight excluding hydrogens is 480 g/mol. The summed E-state index contributed by atoms with van der Waals surface area (Å²) in [4.78, 5) is 12.5. The van der Waals surface area contributed by atoms with Crippen molar-refractivity contribution in [1.29, 1.82) is 0 Å². The lowest BCUT2D eigenvalue weighted by Crippen LogP contribution is -2.45. The summed E-state index contributed by atoms with van der Waals surface area (Å²) in [5, 5.41) is 14.8. The van der Waals surface area contributed by atoms with Gasteiger partial charge in [-0.15, -0.1) is 0 Å². The van der Waals surface area contributed by atoms with E-state index in [9.17, 15) is 13.9 Å². The second-order valence-electron chi connectivity index (χ2n) is 8.44. The fourth-order valence-corrected chi connectivity index (χ4v) is 4.22. The first-order valence-corrected chi connectivity index (χ1v) is 11.6. The highest BCUT2D eigenvalue weighted by atomic mass is 35.5. The summed E-state index contributed by atoms with van der Waals surface area (Å²) in [7, 11) is 2.10. The van der Waals surface area contributed by atoms with Crippen molar-refractivity contribution >= 4 is 17.5 Å². The number of nitrogen functional groups attached to an aromatic ring is 1. The zero-order valence-corrected chi connectivity index (χ0v) is 20.1. The molecule has 3 N–H and O–H groups in total. The minimum atomic E-state index is -2.84. The van der Waals surface area contributed by atoms with Gasteiger partial charge in [0.25, 0.3) is 0 Å². The summed E-state index contributed by atoms with van der Waals surface area (Å²) in [5.41, 5.74) is 7.87. The maximum absolute atomic E-state index is 13.4. The predicted molar refractivity (Wildman–Crippen MR) is 128 cm³/mol. The van der Waals surface area contributed by atoms with Crippen molar-refractivity contribution in [2.45, 2.75) is 19.3 Å². The van der Waals surface area contributed by atoms with Crippen LogP contribution in [-0.4, -0.2) is 81.0 Å². The highest BCUT2D eigenvalue weighted by molar-refractivity contribution is 6.29. The average molecular weight is 508 g/mol. The van der Waals surface area contributed by atoms with Gasteiger partial charge in [0, 0.05) is 62.5 Å². The van der Waals surface area contributed by atoms with Gasteiger partial charge in [-0.05, 0) is 12.6 Å². The third-order valence-electron chi connectivity index (χ3n) is 5.94. The van der Waals surface area contributed by atoms with Gasteiger partial charge in [-0.25, -0.2) is 14.6 Å². The van der Waals surface area contributed by atoms with Gasteiger partial charge in [0.05, 0.1) is 12.3 Å². The number of piperazine rings is 1. The lowest BCUT2D eigenvalue weighted by molar-refractivity contribution is -0.108. The molecule has 0 bridgehead atoms. The summed E-state index contributed by atoms with van der Waals surface area (Å²) in [6.45, 7) is 2.17. The first-order valence-electron chi connectivity index (χ1n) is 11.2. The molecule has 1 saturated heterocycles. The van der Waals surface area contributed by atoms with E-state index in [1.54, 1.807) is 12.1 Å². The molecule has 3 aromatic rings. The summed E-state index contributed by atoms with van der Waals surface area (Å²) in [6, 6.07) is 8.59. The molecule has 1 aliphatic rings. The first kappa shape index (κ1) is 25.4. The van der Waals surface area contributed by atoms with Gasteiger partial charge < -0.3 is 20.5 Å². The number of halogens is 3. The molecule has 1 atom stereocenters. The Morgan fingerprint density at radius 1 is 1.14 bits per heavy atom. The van der Waals surface area contributed by atoms with Gasteiger partial charge in [0.1, 0.15) is 10.8 Å². The van der Waals surface area contributed by atoms with Crippen molar-refractivity contribution in [2.75, 3.05) is 52.1 Å². The zero-order chi connectivity index (χ0) is 24.9. The van der Waals surface area contributed by atoms with E-state index < -0.39 is 12.8 Å². The largest absolute Gasteiger partial charge is 0.368 e. The van der Waals surface area contributed by atoms with Crippen LogP contribution in [0.1, 0.15) is 29.5 Å². The van der Waals surface area contributed by atoms with Crippen molar-refractivity contribution in [3.8, 4) is 11.4 Å². The highest BCUT2D eigenvalue weighted by Crippen LogP contribution is 2.29. The van der Waals surface area contributed by atoms with Crippen LogP contribution in [0.5, 0.6) is 0 Å². The number of likely N-dealkylation sites (N-methyl/N-ethyl adjacent to an activating group) is 1. The third kappa shape index (κ3) is 6.50. The van der Waals surface area contributed by atoms with Crippen LogP contribution in [-0.2, 0) is 11.2 Å². The van der Waals surface area contributed by atoms with Crippen LogP contribution in [0.3, 0.4) is 0 Å². The van der Waals surface area contributed by atoms with Crippen molar-refractivity contribution < 1.29 is 18.6 Å². The summed E-state index contributed by atoms with van der Waals surface area (Å²) in [5.74, 6) is -0.0883. The third-order valence-corrected chi connectivity index (χ3v) is 6.14. The molecule has 35 heavy (non-hydrogen) atoms. The van der Waals surface area contributed by atoms with Crippen LogP contribution in [0.25, 0.3) is 11.4 Å². The van der Waals surface area contributed by atoms with Crippen LogP contribution in [0.4, 0.5) is 14.7 Å². The molecule has 0 amide bonds. The minimum Gasteiger partial charge on any atom is -0.368 e. The van der Waals surface area contributed by atoms with Gasteiger partial charge in [-0.2, -0.15) is 13.9 Å². The quantitative estimate of drug-likeness (QED) is 0.336. The number of nitrogens with zero attached hydrogens (tertiary/aromatic N) is 6. The predicted octanol–water partition coefficient (Wildman–Crippen LogP) is 2.82. The van der Waals surface area contributed by atoms with Crippen LogP contribution in [0.2, 0.25) is 5.15 Å². The van der Waals surface area contributed by atoms with Gasteiger partial charge in [0.15, 0.2) is 6.29 Å². The fraction of sp³-hybridized carbons (Fsp3) is 0.435. The number of aliphatic hydroxyl groups is 1. The number of alkyl halides is 2. The molecule has 0 radical (unpaired) electrons. The highest BCUT2D eigenvalue weighted by Gasteiger charge is 2.21. The maximum atomic E-state index is 13.4. The van der Waals surface area contributed by atoms with Gasteiger partial charge in [-0.1, -0.05) is 35.9 Å². The van der Waals surface area contributed by atoms with E-state index in [0.717, 1.165) is 26.2 Å². The molecule has 0 saturated carbocycles. The lowest BCUT2D eigenvalue weighted by Gasteiger charge is -2.32. The van der Waals surface area contributed by atoms with Gasteiger partial charge >= 0.3 is 6.55 Å². The molecule has 1 aliphatic heterocycles.